The smallest absolute Gasteiger partial charge is 0.198 e. The van der Waals surface area contributed by atoms with E-state index >= 15 is 0 Å². The lowest BCUT2D eigenvalue weighted by Crippen LogP contribution is -2.45. The van der Waals surface area contributed by atoms with E-state index in [1.165, 1.54) is 16.7 Å². The molecule has 2 aromatic carbocycles. The molecule has 0 aromatic heterocycles. The van der Waals surface area contributed by atoms with Crippen molar-refractivity contribution in [3.63, 3.8) is 0 Å². The van der Waals surface area contributed by atoms with Gasteiger partial charge in [0.15, 0.2) is 8.32 Å². The van der Waals surface area contributed by atoms with Gasteiger partial charge >= 0.3 is 0 Å². The average molecular weight is 377 g/mol. The van der Waals surface area contributed by atoms with Gasteiger partial charge in [-0.05, 0) is 46.5 Å². The van der Waals surface area contributed by atoms with Gasteiger partial charge in [-0.3, -0.25) is 0 Å². The van der Waals surface area contributed by atoms with Crippen LogP contribution in [0.1, 0.15) is 26.3 Å². The summed E-state index contributed by atoms with van der Waals surface area (Å²) in [4.78, 5) is 0. The summed E-state index contributed by atoms with van der Waals surface area (Å²) in [5, 5.41) is 0.228. The normalized spacial score (nSPS) is 14.6. The van der Waals surface area contributed by atoms with E-state index < -0.39 is 8.32 Å². The van der Waals surface area contributed by atoms with Crippen LogP contribution in [-0.4, -0.2) is 15.4 Å². The second kappa shape index (κ2) is 6.69. The van der Waals surface area contributed by atoms with E-state index in [4.69, 9.17) is 4.43 Å². The third kappa shape index (κ3) is 3.89. The summed E-state index contributed by atoms with van der Waals surface area (Å²) in [6.07, 6.45) is 0. The highest BCUT2D eigenvalue weighted by Crippen LogP contribution is 2.38. The lowest BCUT2D eigenvalue weighted by molar-refractivity contribution is 0.365. The van der Waals surface area contributed by atoms with Gasteiger partial charge in [-0.25, -0.2) is 0 Å². The molecule has 22 heavy (non-hydrogen) atoms. The van der Waals surface area contributed by atoms with Gasteiger partial charge in [0, 0.05) is 11.6 Å². The van der Waals surface area contributed by atoms with Crippen molar-refractivity contribution in [2.24, 2.45) is 0 Å². The van der Waals surface area contributed by atoms with Crippen LogP contribution in [-0.2, 0) is 10.5 Å². The van der Waals surface area contributed by atoms with E-state index in [-0.39, 0.29) is 5.04 Å². The Bertz CT molecular complexity index is 613. The molecule has 0 spiro atoms. The highest BCUT2D eigenvalue weighted by atomic mass is 79.9. The minimum Gasteiger partial charge on any atom is -0.419 e. The molecule has 0 radical (unpaired) electrons. The van der Waals surface area contributed by atoms with Crippen LogP contribution in [0.3, 0.4) is 0 Å². The van der Waals surface area contributed by atoms with Crippen LogP contribution in [0, 0.1) is 0 Å². The molecule has 0 aliphatic rings. The molecule has 0 saturated carbocycles. The second-order valence-electron chi connectivity index (χ2n) is 7.07. The summed E-state index contributed by atoms with van der Waals surface area (Å²) in [6, 6.07) is 18.4. The molecule has 0 heterocycles. The Morgan fingerprint density at radius 1 is 0.909 bits per heavy atom. The SMILES string of the molecule is CO[Si](C)(Cc1ccc(-c2ccc(Br)cc2)cc1)C(C)(C)C. The summed E-state index contributed by atoms with van der Waals surface area (Å²) in [5.74, 6) is 0. The number of hydrogen-bond acceptors (Lipinski definition) is 1. The molecule has 1 atom stereocenters. The Morgan fingerprint density at radius 3 is 1.77 bits per heavy atom. The van der Waals surface area contributed by atoms with Crippen molar-refractivity contribution in [2.75, 3.05) is 7.11 Å². The summed E-state index contributed by atoms with van der Waals surface area (Å²) in [6.45, 7) is 9.20. The minimum atomic E-state index is -1.78. The molecule has 3 heteroatoms. The first-order chi connectivity index (χ1) is 10.2. The lowest BCUT2D eigenvalue weighted by atomic mass is 10.0. The van der Waals surface area contributed by atoms with Gasteiger partial charge in [-0.2, -0.15) is 0 Å². The van der Waals surface area contributed by atoms with Crippen molar-refractivity contribution < 1.29 is 4.43 Å². The molecule has 0 N–H and O–H groups in total. The van der Waals surface area contributed by atoms with Crippen LogP contribution in [0.25, 0.3) is 11.1 Å². The Balaban J connectivity index is 2.20. The number of halogens is 1. The van der Waals surface area contributed by atoms with Crippen LogP contribution < -0.4 is 0 Å². The molecular formula is C19H25BrOSi. The minimum absolute atomic E-state index is 0.228. The molecule has 0 aliphatic heterocycles. The van der Waals surface area contributed by atoms with Crippen molar-refractivity contribution >= 4 is 24.2 Å². The lowest BCUT2D eigenvalue weighted by Gasteiger charge is -2.38. The zero-order valence-corrected chi connectivity index (χ0v) is 16.7. The maximum Gasteiger partial charge on any atom is 0.198 e. The molecule has 0 aliphatic carbocycles. The fourth-order valence-corrected chi connectivity index (χ4v) is 5.06. The number of rotatable bonds is 4. The quantitative estimate of drug-likeness (QED) is 0.575. The van der Waals surface area contributed by atoms with Crippen LogP contribution in [0.5, 0.6) is 0 Å². The van der Waals surface area contributed by atoms with Crippen LogP contribution in [0.15, 0.2) is 53.0 Å². The van der Waals surface area contributed by atoms with Crippen molar-refractivity contribution in [1.29, 1.82) is 0 Å². The standard InChI is InChI=1S/C19H25BrOSi/c1-19(2,3)22(5,21-4)14-15-6-8-16(9-7-15)17-10-12-18(20)13-11-17/h6-13H,14H2,1-5H3. The molecule has 118 valence electrons. The number of hydrogen-bond donors (Lipinski definition) is 0. The van der Waals surface area contributed by atoms with E-state index in [0.717, 1.165) is 10.5 Å². The van der Waals surface area contributed by atoms with E-state index in [2.05, 4.69) is 91.8 Å². The van der Waals surface area contributed by atoms with E-state index in [0.29, 0.717) is 0 Å². The summed E-state index contributed by atoms with van der Waals surface area (Å²) in [7, 11) is 0.0926. The summed E-state index contributed by atoms with van der Waals surface area (Å²) < 4.78 is 7.08. The monoisotopic (exact) mass is 376 g/mol. The van der Waals surface area contributed by atoms with Gasteiger partial charge in [-0.1, -0.05) is 73.1 Å². The summed E-state index contributed by atoms with van der Waals surface area (Å²) >= 11 is 3.48. The Hall–Kier alpha value is -0.903. The Labute approximate surface area is 144 Å². The first kappa shape index (κ1) is 17.5. The van der Waals surface area contributed by atoms with Gasteiger partial charge in [0.25, 0.3) is 0 Å². The van der Waals surface area contributed by atoms with Gasteiger partial charge in [0.1, 0.15) is 0 Å². The predicted molar refractivity (Wildman–Crippen MR) is 102 cm³/mol. The van der Waals surface area contributed by atoms with Gasteiger partial charge in [-0.15, -0.1) is 0 Å². The highest BCUT2D eigenvalue weighted by molar-refractivity contribution is 9.10. The largest absolute Gasteiger partial charge is 0.419 e. The molecule has 1 unspecified atom stereocenters. The third-order valence-corrected chi connectivity index (χ3v) is 10.4. The molecule has 2 rings (SSSR count). The molecule has 1 nitrogen and oxygen atoms in total. The maximum atomic E-state index is 5.97. The Kier molecular flexibility index (Phi) is 5.31. The Morgan fingerprint density at radius 2 is 1.36 bits per heavy atom. The van der Waals surface area contributed by atoms with Crippen LogP contribution in [0.2, 0.25) is 11.6 Å². The molecule has 0 fully saturated rings. The fourth-order valence-electron chi connectivity index (χ4n) is 2.49. The topological polar surface area (TPSA) is 9.23 Å². The number of benzene rings is 2. The van der Waals surface area contributed by atoms with Crippen molar-refractivity contribution in [2.45, 2.75) is 38.4 Å². The predicted octanol–water partition coefficient (Wildman–Crippen LogP) is 6.22. The first-order valence-corrected chi connectivity index (χ1v) is 11.1. The first-order valence-electron chi connectivity index (χ1n) is 7.65. The molecule has 0 bridgehead atoms. The van der Waals surface area contributed by atoms with E-state index in [9.17, 15) is 0 Å². The fraction of sp³-hybridized carbons (Fsp3) is 0.368. The second-order valence-corrected chi connectivity index (χ2v) is 12.7. The zero-order valence-electron chi connectivity index (χ0n) is 14.1. The summed E-state index contributed by atoms with van der Waals surface area (Å²) in [5.41, 5.74) is 3.87. The van der Waals surface area contributed by atoms with Crippen molar-refractivity contribution in [1.82, 2.24) is 0 Å². The molecule has 0 saturated heterocycles. The van der Waals surface area contributed by atoms with Crippen LogP contribution in [0.4, 0.5) is 0 Å². The van der Waals surface area contributed by atoms with Gasteiger partial charge in [0.2, 0.25) is 0 Å². The highest BCUT2D eigenvalue weighted by Gasteiger charge is 2.41. The van der Waals surface area contributed by atoms with Gasteiger partial charge in [0.05, 0.1) is 0 Å². The maximum absolute atomic E-state index is 5.97. The van der Waals surface area contributed by atoms with E-state index in [1.807, 2.05) is 7.11 Å². The molecule has 0 amide bonds. The van der Waals surface area contributed by atoms with E-state index in [1.54, 1.807) is 0 Å². The van der Waals surface area contributed by atoms with Gasteiger partial charge < -0.3 is 4.43 Å². The molecule has 2 aromatic rings. The molecular weight excluding hydrogens is 352 g/mol. The third-order valence-electron chi connectivity index (χ3n) is 4.71. The van der Waals surface area contributed by atoms with Crippen LogP contribution >= 0.6 is 15.9 Å². The zero-order chi connectivity index (χ0) is 16.4. The van der Waals surface area contributed by atoms with Crippen molar-refractivity contribution in [3.05, 3.63) is 58.6 Å². The van der Waals surface area contributed by atoms with Crippen molar-refractivity contribution in [3.8, 4) is 11.1 Å². The average Bonchev–Trinajstić information content (AvgIpc) is 2.47.